The Bertz CT molecular complexity index is 438. The van der Waals surface area contributed by atoms with Crippen molar-refractivity contribution in [1.29, 1.82) is 0 Å². The van der Waals surface area contributed by atoms with E-state index in [0.29, 0.717) is 12.5 Å². The summed E-state index contributed by atoms with van der Waals surface area (Å²) in [4.78, 5) is 0. The van der Waals surface area contributed by atoms with Crippen LogP contribution in [0.25, 0.3) is 0 Å². The van der Waals surface area contributed by atoms with Crippen LogP contribution < -0.4 is 10.5 Å². The average molecular weight is 283 g/mol. The molecule has 1 aliphatic carbocycles. The molecule has 0 amide bonds. The zero-order valence-corrected chi connectivity index (χ0v) is 11.9. The van der Waals surface area contributed by atoms with Crippen molar-refractivity contribution in [2.24, 2.45) is 17.6 Å². The second-order valence-corrected chi connectivity index (χ2v) is 5.69. The predicted octanol–water partition coefficient (Wildman–Crippen LogP) is 3.89. The molecule has 4 heteroatoms. The summed E-state index contributed by atoms with van der Waals surface area (Å²) >= 11 is 0. The molecular formula is C16H23F2NO. The predicted molar refractivity (Wildman–Crippen MR) is 75.6 cm³/mol. The van der Waals surface area contributed by atoms with Crippen molar-refractivity contribution in [3.63, 3.8) is 0 Å². The van der Waals surface area contributed by atoms with Gasteiger partial charge in [-0.15, -0.1) is 0 Å². The van der Waals surface area contributed by atoms with Gasteiger partial charge >= 0.3 is 0 Å². The molecule has 0 aromatic heterocycles. The third kappa shape index (κ3) is 3.69. The van der Waals surface area contributed by atoms with Crippen LogP contribution in [0.3, 0.4) is 0 Å². The number of rotatable bonds is 5. The molecular weight excluding hydrogens is 260 g/mol. The van der Waals surface area contributed by atoms with E-state index in [9.17, 15) is 8.78 Å². The highest BCUT2D eigenvalue weighted by Gasteiger charge is 2.31. The Morgan fingerprint density at radius 1 is 1.30 bits per heavy atom. The van der Waals surface area contributed by atoms with E-state index < -0.39 is 11.6 Å². The van der Waals surface area contributed by atoms with Crippen molar-refractivity contribution in [2.45, 2.75) is 45.1 Å². The third-order valence-corrected chi connectivity index (χ3v) is 4.21. The van der Waals surface area contributed by atoms with Crippen LogP contribution in [0.4, 0.5) is 8.78 Å². The highest BCUT2D eigenvalue weighted by Crippen LogP contribution is 2.34. The van der Waals surface area contributed by atoms with Crippen LogP contribution in [-0.4, -0.2) is 12.6 Å². The average Bonchev–Trinajstić information content (AvgIpc) is 2.43. The van der Waals surface area contributed by atoms with Crippen molar-refractivity contribution in [1.82, 2.24) is 0 Å². The van der Waals surface area contributed by atoms with E-state index in [2.05, 4.69) is 6.92 Å². The molecule has 0 saturated heterocycles. The Balaban J connectivity index is 2.07. The van der Waals surface area contributed by atoms with E-state index in [0.717, 1.165) is 25.3 Å². The van der Waals surface area contributed by atoms with Gasteiger partial charge in [-0.25, -0.2) is 8.78 Å². The topological polar surface area (TPSA) is 35.2 Å². The van der Waals surface area contributed by atoms with Crippen LogP contribution >= 0.6 is 0 Å². The lowest BCUT2D eigenvalue weighted by Gasteiger charge is -2.35. The van der Waals surface area contributed by atoms with Gasteiger partial charge in [0.05, 0.1) is 0 Å². The van der Waals surface area contributed by atoms with E-state index in [1.807, 2.05) is 0 Å². The lowest BCUT2D eigenvalue weighted by Crippen LogP contribution is -2.38. The summed E-state index contributed by atoms with van der Waals surface area (Å²) in [7, 11) is 0. The Morgan fingerprint density at radius 3 is 2.75 bits per heavy atom. The first-order chi connectivity index (χ1) is 9.63. The van der Waals surface area contributed by atoms with E-state index in [1.165, 1.54) is 25.0 Å². The van der Waals surface area contributed by atoms with Gasteiger partial charge in [0, 0.05) is 12.0 Å². The lowest BCUT2D eigenvalue weighted by atomic mass is 9.78. The Morgan fingerprint density at radius 2 is 2.10 bits per heavy atom. The molecule has 1 aromatic rings. The first kappa shape index (κ1) is 15.2. The summed E-state index contributed by atoms with van der Waals surface area (Å²) in [5.74, 6) is -0.216. The maximum absolute atomic E-state index is 13.7. The van der Waals surface area contributed by atoms with Gasteiger partial charge in [0.1, 0.15) is 11.9 Å². The summed E-state index contributed by atoms with van der Waals surface area (Å²) in [6.07, 6.45) is 5.35. The van der Waals surface area contributed by atoms with E-state index in [4.69, 9.17) is 10.5 Å². The standard InChI is InChI=1S/C16H23F2NO/c1-2-3-11-4-5-12(10-19)16(8-11)20-15-7-6-13(17)9-14(15)18/h6-7,9,11-12,16H,2-5,8,10,19H2,1H3. The van der Waals surface area contributed by atoms with Crippen LogP contribution in [0, 0.1) is 23.5 Å². The second-order valence-electron chi connectivity index (χ2n) is 5.69. The molecule has 2 rings (SSSR count). The van der Waals surface area contributed by atoms with Gasteiger partial charge < -0.3 is 10.5 Å². The van der Waals surface area contributed by atoms with Gasteiger partial charge in [-0.3, -0.25) is 0 Å². The molecule has 1 saturated carbocycles. The molecule has 0 spiro atoms. The van der Waals surface area contributed by atoms with Crippen molar-refractivity contribution in [3.8, 4) is 5.75 Å². The molecule has 1 aliphatic rings. The highest BCUT2D eigenvalue weighted by atomic mass is 19.1. The van der Waals surface area contributed by atoms with Gasteiger partial charge in [0.2, 0.25) is 0 Å². The van der Waals surface area contributed by atoms with Gasteiger partial charge in [0.15, 0.2) is 11.6 Å². The highest BCUT2D eigenvalue weighted by molar-refractivity contribution is 5.25. The first-order valence-corrected chi connectivity index (χ1v) is 7.45. The van der Waals surface area contributed by atoms with Crippen LogP contribution in [0.15, 0.2) is 18.2 Å². The first-order valence-electron chi connectivity index (χ1n) is 7.45. The van der Waals surface area contributed by atoms with Crippen LogP contribution in [0.1, 0.15) is 39.0 Å². The zero-order chi connectivity index (χ0) is 14.5. The van der Waals surface area contributed by atoms with Gasteiger partial charge in [-0.1, -0.05) is 19.8 Å². The maximum Gasteiger partial charge on any atom is 0.167 e. The fraction of sp³-hybridized carbons (Fsp3) is 0.625. The van der Waals surface area contributed by atoms with Crippen molar-refractivity contribution < 1.29 is 13.5 Å². The van der Waals surface area contributed by atoms with E-state index in [-0.39, 0.29) is 17.8 Å². The quantitative estimate of drug-likeness (QED) is 0.890. The fourth-order valence-corrected chi connectivity index (χ4v) is 3.09. The number of nitrogens with two attached hydrogens (primary N) is 1. The Kier molecular flexibility index (Phi) is 5.35. The second kappa shape index (κ2) is 7.02. The molecule has 0 radical (unpaired) electrons. The zero-order valence-electron chi connectivity index (χ0n) is 11.9. The number of benzene rings is 1. The lowest BCUT2D eigenvalue weighted by molar-refractivity contribution is 0.0634. The molecule has 0 bridgehead atoms. The molecule has 1 fully saturated rings. The molecule has 2 nitrogen and oxygen atoms in total. The number of hydrogen-bond donors (Lipinski definition) is 1. The summed E-state index contributed by atoms with van der Waals surface area (Å²) < 4.78 is 32.4. The smallest absolute Gasteiger partial charge is 0.167 e. The molecule has 0 heterocycles. The summed E-state index contributed by atoms with van der Waals surface area (Å²) in [5, 5.41) is 0. The SMILES string of the molecule is CCCC1CCC(CN)C(Oc2ccc(F)cc2F)C1. The number of halogens is 2. The van der Waals surface area contributed by atoms with Crippen molar-refractivity contribution >= 4 is 0 Å². The van der Waals surface area contributed by atoms with Crippen LogP contribution in [0.2, 0.25) is 0 Å². The summed E-state index contributed by atoms with van der Waals surface area (Å²) in [6, 6.07) is 3.45. The minimum atomic E-state index is -0.640. The summed E-state index contributed by atoms with van der Waals surface area (Å²) in [6.45, 7) is 2.72. The third-order valence-electron chi connectivity index (χ3n) is 4.21. The molecule has 3 unspecified atom stereocenters. The monoisotopic (exact) mass is 283 g/mol. The Hall–Kier alpha value is -1.16. The fourth-order valence-electron chi connectivity index (χ4n) is 3.09. The largest absolute Gasteiger partial charge is 0.487 e. The van der Waals surface area contributed by atoms with Gasteiger partial charge in [-0.05, 0) is 43.9 Å². The minimum Gasteiger partial charge on any atom is -0.487 e. The van der Waals surface area contributed by atoms with E-state index in [1.54, 1.807) is 0 Å². The molecule has 0 aliphatic heterocycles. The number of ether oxygens (including phenoxy) is 1. The van der Waals surface area contributed by atoms with E-state index >= 15 is 0 Å². The molecule has 2 N–H and O–H groups in total. The van der Waals surface area contributed by atoms with Crippen molar-refractivity contribution in [2.75, 3.05) is 6.54 Å². The molecule has 112 valence electrons. The molecule has 1 aromatic carbocycles. The van der Waals surface area contributed by atoms with Crippen LogP contribution in [-0.2, 0) is 0 Å². The van der Waals surface area contributed by atoms with Crippen molar-refractivity contribution in [3.05, 3.63) is 29.8 Å². The Labute approximate surface area is 119 Å². The van der Waals surface area contributed by atoms with Gasteiger partial charge in [-0.2, -0.15) is 0 Å². The summed E-state index contributed by atoms with van der Waals surface area (Å²) in [5.41, 5.74) is 5.80. The minimum absolute atomic E-state index is 0.0646. The normalized spacial score (nSPS) is 26.5. The van der Waals surface area contributed by atoms with Gasteiger partial charge in [0.25, 0.3) is 0 Å². The molecule has 3 atom stereocenters. The maximum atomic E-state index is 13.7. The number of hydrogen-bond acceptors (Lipinski definition) is 2. The molecule has 20 heavy (non-hydrogen) atoms. The van der Waals surface area contributed by atoms with Crippen LogP contribution in [0.5, 0.6) is 5.75 Å².